The van der Waals surface area contributed by atoms with Crippen LogP contribution in [0.15, 0.2) is 11.1 Å². The summed E-state index contributed by atoms with van der Waals surface area (Å²) in [6.45, 7) is 3.98. The molecule has 1 N–H and O–H groups in total. The molecule has 1 aliphatic rings. The van der Waals surface area contributed by atoms with Crippen LogP contribution in [-0.4, -0.2) is 11.1 Å². The molecule has 1 rings (SSSR count). The fourth-order valence-corrected chi connectivity index (χ4v) is 1.22. The van der Waals surface area contributed by atoms with E-state index in [1.54, 1.807) is 0 Å². The predicted molar refractivity (Wildman–Crippen MR) is 46.5 cm³/mol. The normalized spacial score (nSPS) is 21.7. The van der Waals surface area contributed by atoms with Crippen LogP contribution in [0.3, 0.4) is 0 Å². The van der Waals surface area contributed by atoms with Crippen LogP contribution < -0.4 is 0 Å². The second-order valence-electron chi connectivity index (χ2n) is 3.17. The van der Waals surface area contributed by atoms with E-state index < -0.39 is 5.97 Å². The van der Waals surface area contributed by atoms with Gasteiger partial charge in [-0.15, -0.1) is 0 Å². The number of allylic oxidation sites excluding steroid dienone is 2. The van der Waals surface area contributed by atoms with Crippen molar-refractivity contribution in [3.8, 4) is 11.8 Å². The molecule has 1 atom stereocenters. The summed E-state index contributed by atoms with van der Waals surface area (Å²) in [4.78, 5) is 10.4. The third-order valence-corrected chi connectivity index (χ3v) is 2.08. The van der Waals surface area contributed by atoms with Gasteiger partial charge in [0.15, 0.2) is 0 Å². The zero-order chi connectivity index (χ0) is 9.14. The summed E-state index contributed by atoms with van der Waals surface area (Å²) in [6.07, 6.45) is 0.975. The van der Waals surface area contributed by atoms with Gasteiger partial charge in [-0.2, -0.15) is 0 Å². The smallest absolute Gasteiger partial charge is 0.304 e. The second-order valence-corrected chi connectivity index (χ2v) is 3.17. The van der Waals surface area contributed by atoms with Gasteiger partial charge < -0.3 is 5.11 Å². The molecule has 0 heterocycles. The zero-order valence-corrected chi connectivity index (χ0v) is 7.35. The van der Waals surface area contributed by atoms with E-state index in [9.17, 15) is 4.79 Å². The van der Waals surface area contributed by atoms with Crippen molar-refractivity contribution in [2.45, 2.75) is 26.7 Å². The van der Waals surface area contributed by atoms with Crippen LogP contribution in [0.4, 0.5) is 0 Å². The fourth-order valence-electron chi connectivity index (χ4n) is 1.22. The van der Waals surface area contributed by atoms with E-state index in [0.717, 1.165) is 12.0 Å². The largest absolute Gasteiger partial charge is 0.481 e. The third kappa shape index (κ3) is 2.13. The molecule has 0 radical (unpaired) electrons. The second kappa shape index (κ2) is 3.44. The molecule has 0 spiro atoms. The van der Waals surface area contributed by atoms with E-state index in [-0.39, 0.29) is 12.3 Å². The molecule has 1 unspecified atom stereocenters. The number of carbonyl (C=O) groups is 1. The molecule has 0 aromatic heterocycles. The van der Waals surface area contributed by atoms with E-state index >= 15 is 0 Å². The maximum atomic E-state index is 10.4. The topological polar surface area (TPSA) is 37.3 Å². The molecule has 0 aliphatic heterocycles. The van der Waals surface area contributed by atoms with Crippen molar-refractivity contribution in [1.29, 1.82) is 0 Å². The molecule has 0 fully saturated rings. The summed E-state index contributed by atoms with van der Waals surface area (Å²) >= 11 is 0. The summed E-state index contributed by atoms with van der Waals surface area (Å²) in [7, 11) is 0. The average Bonchev–Trinajstić information content (AvgIpc) is 1.96. The Morgan fingerprint density at radius 1 is 1.67 bits per heavy atom. The number of rotatable bonds is 2. The van der Waals surface area contributed by atoms with E-state index in [1.807, 2.05) is 13.8 Å². The van der Waals surface area contributed by atoms with E-state index in [0.29, 0.717) is 0 Å². The van der Waals surface area contributed by atoms with E-state index in [2.05, 4.69) is 11.8 Å². The van der Waals surface area contributed by atoms with Crippen LogP contribution >= 0.6 is 0 Å². The third-order valence-electron chi connectivity index (χ3n) is 2.08. The highest BCUT2D eigenvalue weighted by Gasteiger charge is 2.14. The Balaban J connectivity index is 2.62. The lowest BCUT2D eigenvalue weighted by atomic mass is 9.91. The predicted octanol–water partition coefficient (Wildman–Crippen LogP) is 1.82. The highest BCUT2D eigenvalue weighted by Crippen LogP contribution is 2.20. The van der Waals surface area contributed by atoms with Crippen molar-refractivity contribution >= 4 is 5.97 Å². The van der Waals surface area contributed by atoms with Gasteiger partial charge in [0.1, 0.15) is 0 Å². The molecule has 0 aromatic carbocycles. The van der Waals surface area contributed by atoms with Crippen molar-refractivity contribution in [2.75, 3.05) is 0 Å². The minimum atomic E-state index is -0.762. The number of carboxylic acids is 1. The molecule has 64 valence electrons. The summed E-state index contributed by atoms with van der Waals surface area (Å²) in [5.41, 5.74) is 2.32. The first-order valence-electron chi connectivity index (χ1n) is 3.99. The zero-order valence-electron chi connectivity index (χ0n) is 7.35. The highest BCUT2D eigenvalue weighted by molar-refractivity contribution is 5.67. The van der Waals surface area contributed by atoms with Gasteiger partial charge in [0.2, 0.25) is 0 Å². The molecule has 1 aliphatic carbocycles. The lowest BCUT2D eigenvalue weighted by Crippen LogP contribution is -2.09. The molecule has 0 saturated carbocycles. The first kappa shape index (κ1) is 8.86. The molecule has 2 heteroatoms. The minimum absolute atomic E-state index is 0.0196. The van der Waals surface area contributed by atoms with Gasteiger partial charge in [-0.05, 0) is 25.8 Å². The van der Waals surface area contributed by atoms with Gasteiger partial charge in [0.05, 0.1) is 6.42 Å². The average molecular weight is 164 g/mol. The maximum absolute atomic E-state index is 10.4. The van der Waals surface area contributed by atoms with Crippen molar-refractivity contribution < 1.29 is 9.90 Å². The molecular weight excluding hydrogens is 152 g/mol. The van der Waals surface area contributed by atoms with Gasteiger partial charge in [-0.1, -0.05) is 17.4 Å². The first-order valence-corrected chi connectivity index (χ1v) is 3.99. The Kier molecular flexibility index (Phi) is 2.54. The van der Waals surface area contributed by atoms with Gasteiger partial charge in [-0.25, -0.2) is 0 Å². The Morgan fingerprint density at radius 2 is 2.33 bits per heavy atom. The summed E-state index contributed by atoms with van der Waals surface area (Å²) in [5, 5.41) is 8.53. The Hall–Kier alpha value is -1.23. The Morgan fingerprint density at radius 3 is 2.83 bits per heavy atom. The molecule has 0 bridgehead atoms. The van der Waals surface area contributed by atoms with Crippen LogP contribution in [-0.2, 0) is 4.79 Å². The molecule has 0 aromatic rings. The lowest BCUT2D eigenvalue weighted by Gasteiger charge is -2.13. The van der Waals surface area contributed by atoms with E-state index in [4.69, 9.17) is 5.11 Å². The van der Waals surface area contributed by atoms with Crippen molar-refractivity contribution in [2.24, 2.45) is 5.92 Å². The van der Waals surface area contributed by atoms with E-state index in [1.165, 1.54) is 5.57 Å². The van der Waals surface area contributed by atoms with Crippen LogP contribution in [0, 0.1) is 17.8 Å². The number of aliphatic carboxylic acids is 1. The van der Waals surface area contributed by atoms with Gasteiger partial charge in [0, 0.05) is 5.92 Å². The molecule has 0 saturated heterocycles. The van der Waals surface area contributed by atoms with Crippen molar-refractivity contribution in [3.05, 3.63) is 11.1 Å². The van der Waals surface area contributed by atoms with Crippen molar-refractivity contribution in [3.63, 3.8) is 0 Å². The Bertz CT molecular complexity index is 289. The molecule has 0 amide bonds. The number of carboxylic acid groups (broad SMARTS) is 1. The monoisotopic (exact) mass is 164 g/mol. The molecule has 2 nitrogen and oxygen atoms in total. The minimum Gasteiger partial charge on any atom is -0.481 e. The van der Waals surface area contributed by atoms with Crippen LogP contribution in [0.2, 0.25) is 0 Å². The maximum Gasteiger partial charge on any atom is 0.304 e. The summed E-state index contributed by atoms with van der Waals surface area (Å²) in [5.74, 6) is 5.15. The van der Waals surface area contributed by atoms with Crippen LogP contribution in [0.5, 0.6) is 0 Å². The van der Waals surface area contributed by atoms with Gasteiger partial charge in [0.25, 0.3) is 0 Å². The summed E-state index contributed by atoms with van der Waals surface area (Å²) < 4.78 is 0. The SMILES string of the molecule is CC1=C(C)CC(CC(=O)O)C#C1. The molecular formula is C10H12O2. The van der Waals surface area contributed by atoms with Gasteiger partial charge >= 0.3 is 5.97 Å². The quantitative estimate of drug-likeness (QED) is 0.632. The number of hydrogen-bond acceptors (Lipinski definition) is 1. The lowest BCUT2D eigenvalue weighted by molar-refractivity contribution is -0.137. The number of hydrogen-bond donors (Lipinski definition) is 1. The highest BCUT2D eigenvalue weighted by atomic mass is 16.4. The standard InChI is InChI=1S/C10H12O2/c1-7-3-4-9(5-8(7)2)6-10(11)12/h9H,5-6H2,1-2H3,(H,11,12). The molecule has 12 heavy (non-hydrogen) atoms. The van der Waals surface area contributed by atoms with Crippen LogP contribution in [0.1, 0.15) is 26.7 Å². The van der Waals surface area contributed by atoms with Crippen molar-refractivity contribution in [1.82, 2.24) is 0 Å². The fraction of sp³-hybridized carbons (Fsp3) is 0.500. The van der Waals surface area contributed by atoms with Gasteiger partial charge in [-0.3, -0.25) is 4.79 Å². The first-order chi connectivity index (χ1) is 5.59. The summed E-state index contributed by atoms with van der Waals surface area (Å²) in [6, 6.07) is 0. The Labute approximate surface area is 72.3 Å². The van der Waals surface area contributed by atoms with Crippen LogP contribution in [0.25, 0.3) is 0 Å².